The van der Waals surface area contributed by atoms with E-state index in [9.17, 15) is 4.79 Å². The molecule has 0 saturated carbocycles. The van der Waals surface area contributed by atoms with Gasteiger partial charge in [0.05, 0.1) is 15.3 Å². The van der Waals surface area contributed by atoms with Gasteiger partial charge < -0.3 is 5.32 Å². The van der Waals surface area contributed by atoms with E-state index in [-0.39, 0.29) is 11.8 Å². The minimum atomic E-state index is -0.0882. The van der Waals surface area contributed by atoms with Gasteiger partial charge >= 0.3 is 0 Å². The molecule has 0 bridgehead atoms. The van der Waals surface area contributed by atoms with E-state index in [0.717, 1.165) is 11.3 Å². The maximum atomic E-state index is 11.7. The summed E-state index contributed by atoms with van der Waals surface area (Å²) in [6, 6.07) is 3.44. The van der Waals surface area contributed by atoms with Gasteiger partial charge in [-0.3, -0.25) is 4.79 Å². The van der Waals surface area contributed by atoms with Gasteiger partial charge in [-0.25, -0.2) is 0 Å². The zero-order valence-electron chi connectivity index (χ0n) is 7.63. The second-order valence-corrected chi connectivity index (χ2v) is 4.43. The highest BCUT2D eigenvalue weighted by Crippen LogP contribution is 2.22. The fraction of sp³-hybridized carbons (Fsp3) is 0.444. The Morgan fingerprint density at radius 3 is 2.77 bits per heavy atom. The zero-order chi connectivity index (χ0) is 9.84. The number of Topliss-reactive ketones (excluding diaryl/α,β-unsaturated/α-hetero) is 1. The molecule has 1 unspecified atom stereocenters. The van der Waals surface area contributed by atoms with Crippen molar-refractivity contribution in [3.63, 3.8) is 0 Å². The van der Waals surface area contributed by atoms with Gasteiger partial charge in [-0.2, -0.15) is 0 Å². The average molecular weight is 218 g/mol. The minimum absolute atomic E-state index is 0.0882. The molecule has 0 spiro atoms. The first kappa shape index (κ1) is 10.7. The molecular formula is C9H12ClNOS. The Kier molecular flexibility index (Phi) is 3.90. The second kappa shape index (κ2) is 4.74. The lowest BCUT2D eigenvalue weighted by Gasteiger charge is -2.10. The Morgan fingerprint density at radius 1 is 1.69 bits per heavy atom. The van der Waals surface area contributed by atoms with Gasteiger partial charge in [-0.15, -0.1) is 11.3 Å². The smallest absolute Gasteiger partial charge is 0.189 e. The van der Waals surface area contributed by atoms with Gasteiger partial charge in [0.25, 0.3) is 0 Å². The average Bonchev–Trinajstić information content (AvgIpc) is 2.54. The summed E-state index contributed by atoms with van der Waals surface area (Å²) in [7, 11) is 1.79. The van der Waals surface area contributed by atoms with E-state index in [2.05, 4.69) is 5.32 Å². The molecule has 1 heterocycles. The molecule has 1 aromatic heterocycles. The summed E-state index contributed by atoms with van der Waals surface area (Å²) in [5, 5.41) is 2.97. The molecule has 72 valence electrons. The lowest BCUT2D eigenvalue weighted by Crippen LogP contribution is -2.32. The lowest BCUT2D eigenvalue weighted by molar-refractivity contribution is 0.0949. The van der Waals surface area contributed by atoms with Crippen molar-refractivity contribution in [1.82, 2.24) is 5.32 Å². The number of halogens is 1. The molecule has 0 amide bonds. The molecule has 0 aliphatic rings. The molecule has 1 atom stereocenters. The third-order valence-corrected chi connectivity index (χ3v) is 3.13. The number of rotatable bonds is 4. The van der Waals surface area contributed by atoms with Crippen molar-refractivity contribution >= 4 is 28.7 Å². The van der Waals surface area contributed by atoms with Gasteiger partial charge in [0, 0.05) is 0 Å². The van der Waals surface area contributed by atoms with Crippen molar-refractivity contribution in [2.45, 2.75) is 19.4 Å². The number of nitrogens with one attached hydrogen (secondary N) is 1. The summed E-state index contributed by atoms with van der Waals surface area (Å²) < 4.78 is 0.661. The highest BCUT2D eigenvalue weighted by atomic mass is 35.5. The number of ketones is 1. The van der Waals surface area contributed by atoms with Crippen LogP contribution in [0.15, 0.2) is 12.1 Å². The number of hydrogen-bond donors (Lipinski definition) is 1. The summed E-state index contributed by atoms with van der Waals surface area (Å²) in [6.45, 7) is 1.98. The molecule has 1 rings (SSSR count). The van der Waals surface area contributed by atoms with Crippen molar-refractivity contribution in [2.75, 3.05) is 7.05 Å². The van der Waals surface area contributed by atoms with Gasteiger partial charge in [0.15, 0.2) is 5.78 Å². The van der Waals surface area contributed by atoms with Crippen LogP contribution in [-0.2, 0) is 0 Å². The van der Waals surface area contributed by atoms with Crippen LogP contribution in [0.4, 0.5) is 0 Å². The Morgan fingerprint density at radius 2 is 2.38 bits per heavy atom. The first-order valence-electron chi connectivity index (χ1n) is 4.15. The maximum Gasteiger partial charge on any atom is 0.189 e. The molecule has 1 N–H and O–H groups in total. The quantitative estimate of drug-likeness (QED) is 0.786. The fourth-order valence-electron chi connectivity index (χ4n) is 1.14. The monoisotopic (exact) mass is 217 g/mol. The van der Waals surface area contributed by atoms with Crippen LogP contribution in [0.1, 0.15) is 23.0 Å². The highest BCUT2D eigenvalue weighted by Gasteiger charge is 2.17. The fourth-order valence-corrected chi connectivity index (χ4v) is 2.18. The van der Waals surface area contributed by atoms with E-state index >= 15 is 0 Å². The first-order valence-corrected chi connectivity index (χ1v) is 5.35. The molecule has 0 radical (unpaired) electrons. The van der Waals surface area contributed by atoms with Crippen LogP contribution >= 0.6 is 22.9 Å². The zero-order valence-corrected chi connectivity index (χ0v) is 9.21. The predicted molar refractivity (Wildman–Crippen MR) is 56.8 cm³/mol. The van der Waals surface area contributed by atoms with E-state index in [1.54, 1.807) is 19.2 Å². The molecule has 2 nitrogen and oxygen atoms in total. The van der Waals surface area contributed by atoms with Gasteiger partial charge in [-0.1, -0.05) is 18.5 Å². The van der Waals surface area contributed by atoms with E-state index in [0.29, 0.717) is 4.34 Å². The number of likely N-dealkylation sites (N-methyl/N-ethyl adjacent to an activating group) is 1. The number of thiophene rings is 1. The maximum absolute atomic E-state index is 11.7. The van der Waals surface area contributed by atoms with Gasteiger partial charge in [0.2, 0.25) is 0 Å². The standard InChI is InChI=1S/C9H12ClNOS/c1-3-6(11-2)9(12)7-4-5-8(10)13-7/h4-6,11H,3H2,1-2H3. The van der Waals surface area contributed by atoms with Crippen molar-refractivity contribution in [3.05, 3.63) is 21.3 Å². The third-order valence-electron chi connectivity index (χ3n) is 1.89. The van der Waals surface area contributed by atoms with Crippen LogP contribution in [0.2, 0.25) is 4.34 Å². The van der Waals surface area contributed by atoms with Gasteiger partial charge in [0.1, 0.15) is 0 Å². The van der Waals surface area contributed by atoms with E-state index in [4.69, 9.17) is 11.6 Å². The molecule has 0 aliphatic carbocycles. The van der Waals surface area contributed by atoms with E-state index in [1.807, 2.05) is 6.92 Å². The van der Waals surface area contributed by atoms with E-state index < -0.39 is 0 Å². The molecule has 0 aromatic carbocycles. The summed E-state index contributed by atoms with van der Waals surface area (Å²) in [5.41, 5.74) is 0. The van der Waals surface area contributed by atoms with Gasteiger partial charge in [-0.05, 0) is 25.6 Å². The Balaban J connectivity index is 2.78. The van der Waals surface area contributed by atoms with Crippen LogP contribution in [0.25, 0.3) is 0 Å². The van der Waals surface area contributed by atoms with Crippen molar-refractivity contribution in [1.29, 1.82) is 0 Å². The molecule has 13 heavy (non-hydrogen) atoms. The molecular weight excluding hydrogens is 206 g/mol. The summed E-state index contributed by atoms with van der Waals surface area (Å²) >= 11 is 7.07. The van der Waals surface area contributed by atoms with Crippen LogP contribution in [-0.4, -0.2) is 18.9 Å². The first-order chi connectivity index (χ1) is 6.19. The number of carbonyl (C=O) groups excluding carboxylic acids is 1. The highest BCUT2D eigenvalue weighted by molar-refractivity contribution is 7.18. The van der Waals surface area contributed by atoms with Crippen LogP contribution in [0, 0.1) is 0 Å². The molecule has 0 fully saturated rings. The Labute approximate surface area is 86.9 Å². The van der Waals surface area contributed by atoms with Crippen molar-refractivity contribution in [3.8, 4) is 0 Å². The Bertz CT molecular complexity index is 294. The topological polar surface area (TPSA) is 29.1 Å². The van der Waals surface area contributed by atoms with Crippen LogP contribution < -0.4 is 5.32 Å². The number of hydrogen-bond acceptors (Lipinski definition) is 3. The second-order valence-electron chi connectivity index (χ2n) is 2.72. The lowest BCUT2D eigenvalue weighted by atomic mass is 10.1. The normalized spacial score (nSPS) is 12.8. The molecule has 4 heteroatoms. The molecule has 0 aliphatic heterocycles. The van der Waals surface area contributed by atoms with Crippen molar-refractivity contribution in [2.24, 2.45) is 0 Å². The Hall–Kier alpha value is -0.380. The molecule has 0 saturated heterocycles. The van der Waals surface area contributed by atoms with E-state index in [1.165, 1.54) is 11.3 Å². The summed E-state index contributed by atoms with van der Waals surface area (Å²) in [5.74, 6) is 0.127. The molecule has 1 aromatic rings. The minimum Gasteiger partial charge on any atom is -0.310 e. The number of carbonyl (C=O) groups is 1. The largest absolute Gasteiger partial charge is 0.310 e. The van der Waals surface area contributed by atoms with Crippen LogP contribution in [0.5, 0.6) is 0 Å². The SMILES string of the molecule is CCC(NC)C(=O)c1ccc(Cl)s1. The predicted octanol–water partition coefficient (Wildman–Crippen LogP) is 2.58. The third kappa shape index (κ3) is 2.53. The van der Waals surface area contributed by atoms with Crippen LogP contribution in [0.3, 0.4) is 0 Å². The summed E-state index contributed by atoms with van der Waals surface area (Å²) in [6.07, 6.45) is 0.796. The van der Waals surface area contributed by atoms with Crippen molar-refractivity contribution < 1.29 is 4.79 Å². The summed E-state index contributed by atoms with van der Waals surface area (Å²) in [4.78, 5) is 12.4.